The molecular weight excluding hydrogens is 384 g/mol. The van der Waals surface area contributed by atoms with E-state index in [4.69, 9.17) is 15.9 Å². The minimum Gasteiger partial charge on any atom is -0.423 e. The lowest BCUT2D eigenvalue weighted by Gasteiger charge is -2.12. The molecule has 6 aromatic rings. The molecule has 152 valence electrons. The number of nitrogens with two attached hydrogens (primary N) is 2. The van der Waals surface area contributed by atoms with Crippen molar-refractivity contribution < 1.29 is 4.42 Å². The van der Waals surface area contributed by atoms with Crippen molar-refractivity contribution in [3.05, 3.63) is 100 Å². The zero-order valence-electron chi connectivity index (χ0n) is 17.2. The van der Waals surface area contributed by atoms with Gasteiger partial charge in [-0.05, 0) is 62.5 Å². The molecule has 0 radical (unpaired) electrons. The molecule has 0 atom stereocenters. The van der Waals surface area contributed by atoms with Crippen LogP contribution in [0.3, 0.4) is 0 Å². The number of hydrogen-bond donors (Lipinski definition) is 2. The first kappa shape index (κ1) is 19.1. The highest BCUT2D eigenvalue weighted by Crippen LogP contribution is 2.35. The summed E-state index contributed by atoms with van der Waals surface area (Å²) < 4.78 is 4.99. The van der Waals surface area contributed by atoms with Crippen LogP contribution in [-0.2, 0) is 6.54 Å². The Bertz CT molecular complexity index is 1600. The van der Waals surface area contributed by atoms with Crippen molar-refractivity contribution in [3.63, 3.8) is 0 Å². The summed E-state index contributed by atoms with van der Waals surface area (Å²) in [5.41, 5.74) is 14.3. The number of aryl methyl sites for hydroxylation is 1. The molecule has 0 aliphatic rings. The standard InChI is InChI=1S/C17H13N.C10H9NO2/c18-10-14-7-6-13-5-4-11-2-1-3-12-8-9-15(14)17(13)16(11)12;1-6-4-10(12)13-9-5-7(11)2-3-8(6)9/h1-9H,10,18H2;2-5H,11H2,1H3. The van der Waals surface area contributed by atoms with Gasteiger partial charge in [-0.1, -0.05) is 54.6 Å². The lowest BCUT2D eigenvalue weighted by atomic mass is 9.92. The maximum Gasteiger partial charge on any atom is 0.336 e. The predicted molar refractivity (Wildman–Crippen MR) is 130 cm³/mol. The maximum atomic E-state index is 11.0. The summed E-state index contributed by atoms with van der Waals surface area (Å²) in [6.07, 6.45) is 0. The summed E-state index contributed by atoms with van der Waals surface area (Å²) in [5, 5.41) is 8.84. The van der Waals surface area contributed by atoms with Crippen molar-refractivity contribution in [2.75, 3.05) is 5.73 Å². The van der Waals surface area contributed by atoms with Crippen LogP contribution < -0.4 is 17.1 Å². The number of anilines is 1. The van der Waals surface area contributed by atoms with Gasteiger partial charge < -0.3 is 15.9 Å². The molecule has 1 aromatic heterocycles. The van der Waals surface area contributed by atoms with E-state index in [0.29, 0.717) is 17.8 Å². The molecule has 0 saturated carbocycles. The van der Waals surface area contributed by atoms with Gasteiger partial charge in [-0.2, -0.15) is 0 Å². The Hall–Kier alpha value is -3.89. The highest BCUT2D eigenvalue weighted by Gasteiger charge is 2.09. The monoisotopic (exact) mass is 406 g/mol. The fourth-order valence-electron chi connectivity index (χ4n) is 4.32. The van der Waals surface area contributed by atoms with Gasteiger partial charge in [-0.15, -0.1) is 0 Å². The zero-order valence-corrected chi connectivity index (χ0v) is 17.2. The van der Waals surface area contributed by atoms with Crippen LogP contribution in [0, 0.1) is 6.92 Å². The molecule has 0 bridgehead atoms. The second-order valence-electron chi connectivity index (χ2n) is 7.79. The minimum atomic E-state index is -0.337. The van der Waals surface area contributed by atoms with Crippen LogP contribution in [-0.4, -0.2) is 0 Å². The summed E-state index contributed by atoms with van der Waals surface area (Å²) in [5.74, 6) is 0. The Morgan fingerprint density at radius 2 is 1.42 bits per heavy atom. The molecule has 0 aliphatic carbocycles. The van der Waals surface area contributed by atoms with Crippen LogP contribution in [0.15, 0.2) is 88.1 Å². The van der Waals surface area contributed by atoms with Gasteiger partial charge in [-0.25, -0.2) is 4.79 Å². The smallest absolute Gasteiger partial charge is 0.336 e. The summed E-state index contributed by atoms with van der Waals surface area (Å²) in [6, 6.07) is 26.4. The molecule has 6 rings (SSSR count). The van der Waals surface area contributed by atoms with Gasteiger partial charge in [0.05, 0.1) is 0 Å². The molecule has 0 spiro atoms. The van der Waals surface area contributed by atoms with Gasteiger partial charge in [0.2, 0.25) is 0 Å². The van der Waals surface area contributed by atoms with E-state index < -0.39 is 0 Å². The first-order chi connectivity index (χ1) is 15.0. The highest BCUT2D eigenvalue weighted by molar-refractivity contribution is 6.23. The van der Waals surface area contributed by atoms with E-state index in [2.05, 4.69) is 54.6 Å². The van der Waals surface area contributed by atoms with Gasteiger partial charge in [-0.3, -0.25) is 0 Å². The maximum absolute atomic E-state index is 11.0. The third-order valence-electron chi connectivity index (χ3n) is 5.81. The molecule has 4 nitrogen and oxygen atoms in total. The Balaban J connectivity index is 0.000000140. The van der Waals surface area contributed by atoms with Crippen molar-refractivity contribution in [2.45, 2.75) is 13.5 Å². The lowest BCUT2D eigenvalue weighted by Crippen LogP contribution is -1.98. The Morgan fingerprint density at radius 3 is 2.16 bits per heavy atom. The van der Waals surface area contributed by atoms with Crippen LogP contribution in [0.1, 0.15) is 11.1 Å². The van der Waals surface area contributed by atoms with Crippen molar-refractivity contribution in [1.82, 2.24) is 0 Å². The Labute approximate surface area is 179 Å². The Morgan fingerprint density at radius 1 is 0.774 bits per heavy atom. The number of hydrogen-bond acceptors (Lipinski definition) is 4. The van der Waals surface area contributed by atoms with Crippen LogP contribution >= 0.6 is 0 Å². The molecule has 0 saturated heterocycles. The number of benzene rings is 5. The van der Waals surface area contributed by atoms with Crippen LogP contribution in [0.25, 0.3) is 43.3 Å². The molecule has 5 aromatic carbocycles. The summed E-state index contributed by atoms with van der Waals surface area (Å²) in [4.78, 5) is 11.0. The van der Waals surface area contributed by atoms with E-state index >= 15 is 0 Å². The van der Waals surface area contributed by atoms with Gasteiger partial charge >= 0.3 is 5.63 Å². The minimum absolute atomic E-state index is 0.337. The van der Waals surface area contributed by atoms with E-state index in [9.17, 15) is 4.79 Å². The van der Waals surface area contributed by atoms with Gasteiger partial charge in [0.1, 0.15) is 5.58 Å². The molecule has 0 aliphatic heterocycles. The van der Waals surface area contributed by atoms with E-state index in [0.717, 1.165) is 10.9 Å². The number of fused-ring (bicyclic) bond motifs is 1. The number of nitrogen functional groups attached to an aromatic ring is 1. The van der Waals surface area contributed by atoms with E-state index in [1.165, 1.54) is 43.9 Å². The number of rotatable bonds is 1. The fraction of sp³-hybridized carbons (Fsp3) is 0.0741. The second kappa shape index (κ2) is 7.42. The highest BCUT2D eigenvalue weighted by atomic mass is 16.4. The first-order valence-corrected chi connectivity index (χ1v) is 10.2. The van der Waals surface area contributed by atoms with E-state index in [1.807, 2.05) is 13.0 Å². The second-order valence-corrected chi connectivity index (χ2v) is 7.79. The quantitative estimate of drug-likeness (QED) is 0.208. The van der Waals surface area contributed by atoms with E-state index in [-0.39, 0.29) is 5.63 Å². The molecule has 0 fully saturated rings. The third kappa shape index (κ3) is 3.27. The van der Waals surface area contributed by atoms with Gasteiger partial charge in [0.15, 0.2) is 0 Å². The predicted octanol–water partition coefficient (Wildman–Crippen LogP) is 5.73. The normalized spacial score (nSPS) is 11.3. The van der Waals surface area contributed by atoms with Crippen molar-refractivity contribution >= 4 is 49.0 Å². The van der Waals surface area contributed by atoms with Gasteiger partial charge in [0.25, 0.3) is 0 Å². The van der Waals surface area contributed by atoms with Crippen molar-refractivity contribution in [2.24, 2.45) is 5.73 Å². The molecule has 0 unspecified atom stereocenters. The first-order valence-electron chi connectivity index (χ1n) is 10.2. The van der Waals surface area contributed by atoms with Crippen molar-refractivity contribution in [1.29, 1.82) is 0 Å². The summed E-state index contributed by atoms with van der Waals surface area (Å²) in [7, 11) is 0. The van der Waals surface area contributed by atoms with Crippen LogP contribution in [0.2, 0.25) is 0 Å². The average Bonchev–Trinajstić information content (AvgIpc) is 2.77. The van der Waals surface area contributed by atoms with E-state index in [1.54, 1.807) is 12.1 Å². The molecule has 31 heavy (non-hydrogen) atoms. The average molecular weight is 406 g/mol. The van der Waals surface area contributed by atoms with Crippen LogP contribution in [0.4, 0.5) is 5.69 Å². The molecular formula is C27H22N2O2. The lowest BCUT2D eigenvalue weighted by molar-refractivity contribution is 0.560. The fourth-order valence-corrected chi connectivity index (χ4v) is 4.32. The molecule has 1 heterocycles. The SMILES string of the molecule is Cc1cc(=O)oc2cc(N)ccc12.NCc1ccc2ccc3cccc4ccc1c2c34. The van der Waals surface area contributed by atoms with Gasteiger partial charge in [0, 0.05) is 29.8 Å². The topological polar surface area (TPSA) is 82.2 Å². The van der Waals surface area contributed by atoms with Crippen molar-refractivity contribution in [3.8, 4) is 0 Å². The largest absolute Gasteiger partial charge is 0.423 e. The van der Waals surface area contributed by atoms with Crippen LogP contribution in [0.5, 0.6) is 0 Å². The molecule has 4 N–H and O–H groups in total. The summed E-state index contributed by atoms with van der Waals surface area (Å²) in [6.45, 7) is 2.46. The Kier molecular flexibility index (Phi) is 4.57. The molecule has 4 heteroatoms. The zero-order chi connectivity index (χ0) is 21.5. The summed E-state index contributed by atoms with van der Waals surface area (Å²) >= 11 is 0. The molecule has 0 amide bonds. The third-order valence-corrected chi connectivity index (χ3v) is 5.81.